The third-order valence-corrected chi connectivity index (χ3v) is 5.87. The lowest BCUT2D eigenvalue weighted by Gasteiger charge is -2.29. The first kappa shape index (κ1) is 29.8. The standard InChI is InChI=1S/C28H34N6O6/c1-19(2)13-23(25(35)33-29)32-26(36)24(14-22-15-30-18-31-22)34(27(37)39-16-20-9-5-3-6-10-20)28(38)40-17-21-11-7-4-8-12-21/h3-12,15,18-19,23-24H,13-14,16-17,29H2,1-2H3,(H,30,31)(H,32,36)(H,33,35). The Morgan fingerprint density at radius 3 is 1.90 bits per heavy atom. The average Bonchev–Trinajstić information content (AvgIpc) is 3.48. The largest absolute Gasteiger partial charge is 0.444 e. The predicted molar refractivity (Wildman–Crippen MR) is 145 cm³/mol. The summed E-state index contributed by atoms with van der Waals surface area (Å²) in [6.07, 6.45) is 0.796. The van der Waals surface area contributed by atoms with Gasteiger partial charge in [-0.15, -0.1) is 0 Å². The Morgan fingerprint density at radius 2 is 1.45 bits per heavy atom. The number of nitrogens with two attached hydrogens (primary N) is 1. The number of imidazole rings is 1. The predicted octanol–water partition coefficient (Wildman–Crippen LogP) is 2.82. The summed E-state index contributed by atoms with van der Waals surface area (Å²) in [6.45, 7) is 3.46. The van der Waals surface area contributed by atoms with Crippen molar-refractivity contribution in [3.63, 3.8) is 0 Å². The Hall–Kier alpha value is -4.71. The third-order valence-electron chi connectivity index (χ3n) is 5.87. The van der Waals surface area contributed by atoms with E-state index < -0.39 is 36.1 Å². The molecule has 0 bridgehead atoms. The van der Waals surface area contributed by atoms with Crippen LogP contribution >= 0.6 is 0 Å². The fourth-order valence-electron chi connectivity index (χ4n) is 3.88. The number of imide groups is 1. The fourth-order valence-corrected chi connectivity index (χ4v) is 3.88. The van der Waals surface area contributed by atoms with E-state index >= 15 is 0 Å². The van der Waals surface area contributed by atoms with Crippen LogP contribution in [0.15, 0.2) is 73.2 Å². The lowest BCUT2D eigenvalue weighted by atomic mass is 10.0. The molecule has 2 unspecified atom stereocenters. The molecular formula is C28H34N6O6. The van der Waals surface area contributed by atoms with Crippen molar-refractivity contribution in [1.29, 1.82) is 0 Å². The summed E-state index contributed by atoms with van der Waals surface area (Å²) < 4.78 is 10.9. The minimum absolute atomic E-state index is 0.0245. The van der Waals surface area contributed by atoms with Crippen LogP contribution in [0.3, 0.4) is 0 Å². The molecule has 2 atom stereocenters. The summed E-state index contributed by atoms with van der Waals surface area (Å²) >= 11 is 0. The molecule has 0 aliphatic rings. The van der Waals surface area contributed by atoms with E-state index in [1.807, 2.05) is 31.4 Å². The molecule has 12 heteroatoms. The number of hydrazine groups is 1. The van der Waals surface area contributed by atoms with Gasteiger partial charge in [-0.05, 0) is 23.5 Å². The Bertz CT molecular complexity index is 1180. The number of aromatic nitrogens is 2. The molecule has 0 radical (unpaired) electrons. The number of rotatable bonds is 12. The summed E-state index contributed by atoms with van der Waals surface area (Å²) in [6, 6.07) is 15.3. The van der Waals surface area contributed by atoms with Gasteiger partial charge in [0.15, 0.2) is 0 Å². The number of carbonyl (C=O) groups excluding carboxylic acids is 4. The Morgan fingerprint density at radius 1 is 0.900 bits per heavy atom. The maximum absolute atomic E-state index is 13.7. The molecule has 3 rings (SSSR count). The van der Waals surface area contributed by atoms with Gasteiger partial charge in [-0.3, -0.25) is 15.0 Å². The van der Waals surface area contributed by atoms with Crippen molar-refractivity contribution in [2.75, 3.05) is 0 Å². The van der Waals surface area contributed by atoms with E-state index in [1.54, 1.807) is 48.5 Å². The van der Waals surface area contributed by atoms with Crippen LogP contribution in [0.25, 0.3) is 0 Å². The summed E-state index contributed by atoms with van der Waals surface area (Å²) in [4.78, 5) is 60.3. The van der Waals surface area contributed by atoms with Gasteiger partial charge in [-0.25, -0.2) is 20.4 Å². The number of nitrogens with one attached hydrogen (secondary N) is 3. The Labute approximate surface area is 232 Å². The molecule has 212 valence electrons. The molecule has 2 aromatic carbocycles. The number of H-pyrrole nitrogens is 1. The number of aromatic amines is 1. The molecular weight excluding hydrogens is 516 g/mol. The van der Waals surface area contributed by atoms with Crippen LogP contribution in [0, 0.1) is 5.92 Å². The van der Waals surface area contributed by atoms with Crippen molar-refractivity contribution in [2.45, 2.75) is 52.0 Å². The fraction of sp³-hybridized carbons (Fsp3) is 0.321. The van der Waals surface area contributed by atoms with E-state index in [1.165, 1.54) is 12.5 Å². The molecule has 0 aliphatic heterocycles. The summed E-state index contributed by atoms with van der Waals surface area (Å²) in [5.41, 5.74) is 3.86. The van der Waals surface area contributed by atoms with Gasteiger partial charge in [0.25, 0.3) is 5.91 Å². The number of amides is 4. The van der Waals surface area contributed by atoms with Crippen molar-refractivity contribution < 1.29 is 28.7 Å². The van der Waals surface area contributed by atoms with Crippen LogP contribution in [0.1, 0.15) is 37.1 Å². The maximum Gasteiger partial charge on any atom is 0.420 e. The Balaban J connectivity index is 1.91. The molecule has 1 aromatic heterocycles. The van der Waals surface area contributed by atoms with E-state index in [0.29, 0.717) is 21.7 Å². The van der Waals surface area contributed by atoms with E-state index in [-0.39, 0.29) is 32.0 Å². The number of hydrogen-bond acceptors (Lipinski definition) is 8. The minimum Gasteiger partial charge on any atom is -0.444 e. The first-order valence-corrected chi connectivity index (χ1v) is 12.8. The highest BCUT2D eigenvalue weighted by molar-refractivity contribution is 5.97. The van der Waals surface area contributed by atoms with Gasteiger partial charge in [-0.2, -0.15) is 4.90 Å². The summed E-state index contributed by atoms with van der Waals surface area (Å²) in [5.74, 6) is 3.96. The van der Waals surface area contributed by atoms with Gasteiger partial charge in [0.05, 0.1) is 6.33 Å². The van der Waals surface area contributed by atoms with E-state index in [2.05, 4.69) is 15.3 Å². The quantitative estimate of drug-likeness (QED) is 0.152. The molecule has 4 amide bonds. The smallest absolute Gasteiger partial charge is 0.420 e. The van der Waals surface area contributed by atoms with Gasteiger partial charge in [0, 0.05) is 18.3 Å². The van der Waals surface area contributed by atoms with Crippen LogP contribution in [0.5, 0.6) is 0 Å². The van der Waals surface area contributed by atoms with Crippen molar-refractivity contribution >= 4 is 24.0 Å². The highest BCUT2D eigenvalue weighted by atomic mass is 16.6. The van der Waals surface area contributed by atoms with Crippen LogP contribution in [0.4, 0.5) is 9.59 Å². The normalized spacial score (nSPS) is 12.2. The second-order valence-electron chi connectivity index (χ2n) is 9.45. The summed E-state index contributed by atoms with van der Waals surface area (Å²) in [7, 11) is 0. The van der Waals surface area contributed by atoms with E-state index in [9.17, 15) is 19.2 Å². The topological polar surface area (TPSA) is 169 Å². The maximum atomic E-state index is 13.7. The molecule has 3 aromatic rings. The molecule has 0 saturated carbocycles. The lowest BCUT2D eigenvalue weighted by molar-refractivity contribution is -0.131. The van der Waals surface area contributed by atoms with E-state index in [4.69, 9.17) is 15.3 Å². The molecule has 5 N–H and O–H groups in total. The van der Waals surface area contributed by atoms with Crippen molar-refractivity contribution in [2.24, 2.45) is 11.8 Å². The van der Waals surface area contributed by atoms with Crippen LogP contribution in [-0.2, 0) is 38.7 Å². The zero-order valence-electron chi connectivity index (χ0n) is 22.4. The number of ether oxygens (including phenoxy) is 2. The first-order chi connectivity index (χ1) is 19.3. The number of carbonyl (C=O) groups is 4. The van der Waals surface area contributed by atoms with Crippen LogP contribution in [-0.4, -0.2) is 51.0 Å². The second-order valence-corrected chi connectivity index (χ2v) is 9.45. The zero-order chi connectivity index (χ0) is 28.9. The van der Waals surface area contributed by atoms with Crippen LogP contribution in [0.2, 0.25) is 0 Å². The second kappa shape index (κ2) is 15.0. The van der Waals surface area contributed by atoms with Crippen molar-refractivity contribution in [1.82, 2.24) is 25.6 Å². The molecule has 40 heavy (non-hydrogen) atoms. The highest BCUT2D eigenvalue weighted by Gasteiger charge is 2.39. The zero-order valence-corrected chi connectivity index (χ0v) is 22.4. The summed E-state index contributed by atoms with van der Waals surface area (Å²) in [5, 5.41) is 2.63. The van der Waals surface area contributed by atoms with Crippen LogP contribution < -0.4 is 16.6 Å². The molecule has 0 aliphatic carbocycles. The van der Waals surface area contributed by atoms with Crippen molar-refractivity contribution in [3.05, 3.63) is 90.0 Å². The van der Waals surface area contributed by atoms with Gasteiger partial charge in [0.2, 0.25) is 5.91 Å². The van der Waals surface area contributed by atoms with Gasteiger partial charge < -0.3 is 19.8 Å². The average molecular weight is 551 g/mol. The van der Waals surface area contributed by atoms with Gasteiger partial charge >= 0.3 is 12.2 Å². The number of benzene rings is 2. The third kappa shape index (κ3) is 8.95. The molecule has 1 heterocycles. The number of nitrogens with zero attached hydrogens (tertiary/aromatic N) is 2. The van der Waals surface area contributed by atoms with Gasteiger partial charge in [0.1, 0.15) is 25.3 Å². The molecule has 12 nitrogen and oxygen atoms in total. The highest BCUT2D eigenvalue weighted by Crippen LogP contribution is 2.16. The Kier molecular flexibility index (Phi) is 11.2. The molecule has 0 saturated heterocycles. The van der Waals surface area contributed by atoms with Crippen molar-refractivity contribution in [3.8, 4) is 0 Å². The molecule has 0 spiro atoms. The van der Waals surface area contributed by atoms with E-state index in [0.717, 1.165) is 0 Å². The lowest BCUT2D eigenvalue weighted by Crippen LogP contribution is -2.58. The molecule has 0 fully saturated rings. The first-order valence-electron chi connectivity index (χ1n) is 12.8. The van der Waals surface area contributed by atoms with Gasteiger partial charge in [-0.1, -0.05) is 74.5 Å². The monoisotopic (exact) mass is 550 g/mol. The SMILES string of the molecule is CC(C)CC(NC(=O)C(Cc1cnc[nH]1)N(C(=O)OCc1ccccc1)C(=O)OCc1ccccc1)C(=O)NN. The minimum atomic E-state index is -1.45. The number of hydrogen-bond donors (Lipinski definition) is 4.